The highest BCUT2D eigenvalue weighted by Gasteiger charge is 2.34. The molecular formula is C19H20ClN3OS. The van der Waals surface area contributed by atoms with E-state index < -0.39 is 0 Å². The molecule has 0 radical (unpaired) electrons. The van der Waals surface area contributed by atoms with Crippen molar-refractivity contribution in [1.82, 2.24) is 0 Å². The van der Waals surface area contributed by atoms with Gasteiger partial charge in [-0.05, 0) is 50.6 Å². The Bertz CT molecular complexity index is 835. The molecule has 4 nitrogen and oxygen atoms in total. The van der Waals surface area contributed by atoms with Gasteiger partial charge in [-0.1, -0.05) is 47.6 Å². The molecule has 3 rings (SSSR count). The van der Waals surface area contributed by atoms with Gasteiger partial charge >= 0.3 is 6.03 Å². The van der Waals surface area contributed by atoms with E-state index in [9.17, 15) is 4.79 Å². The predicted octanol–water partition coefficient (Wildman–Crippen LogP) is 5.57. The number of amidine groups is 1. The fraction of sp³-hybridized carbons (Fsp3) is 0.263. The molecule has 0 fully saturated rings. The Kier molecular flexibility index (Phi) is 5.06. The van der Waals surface area contributed by atoms with Crippen LogP contribution in [-0.2, 0) is 0 Å². The van der Waals surface area contributed by atoms with Crippen molar-refractivity contribution >= 4 is 45.9 Å². The van der Waals surface area contributed by atoms with Crippen molar-refractivity contribution in [3.8, 4) is 0 Å². The van der Waals surface area contributed by atoms with E-state index in [1.807, 2.05) is 37.3 Å². The summed E-state index contributed by atoms with van der Waals surface area (Å²) in [5, 5.41) is 4.21. The summed E-state index contributed by atoms with van der Waals surface area (Å²) < 4.78 is -0.0212. The number of rotatable bonds is 2. The van der Waals surface area contributed by atoms with E-state index in [0.717, 1.165) is 11.3 Å². The van der Waals surface area contributed by atoms with Gasteiger partial charge in [-0.3, -0.25) is 4.99 Å². The monoisotopic (exact) mass is 373 g/mol. The number of benzene rings is 2. The number of nitrogens with zero attached hydrogens (tertiary/aromatic N) is 2. The lowest BCUT2D eigenvalue weighted by Gasteiger charge is -2.25. The number of amides is 2. The van der Waals surface area contributed by atoms with Gasteiger partial charge in [0.15, 0.2) is 5.17 Å². The molecule has 2 aromatic rings. The summed E-state index contributed by atoms with van der Waals surface area (Å²) in [6.07, 6.45) is 0. The lowest BCUT2D eigenvalue weighted by atomic mass is 10.2. The fourth-order valence-corrected chi connectivity index (χ4v) is 3.76. The normalized spacial score (nSPS) is 15.6. The van der Waals surface area contributed by atoms with Crippen molar-refractivity contribution < 1.29 is 4.79 Å². The van der Waals surface area contributed by atoms with Crippen LogP contribution < -0.4 is 10.2 Å². The van der Waals surface area contributed by atoms with E-state index in [-0.39, 0.29) is 10.8 Å². The number of halogens is 1. The first kappa shape index (κ1) is 17.8. The molecule has 2 aromatic carbocycles. The smallest absolute Gasteiger partial charge is 0.307 e. The topological polar surface area (TPSA) is 44.7 Å². The first-order valence-electron chi connectivity index (χ1n) is 8.01. The fourth-order valence-electron chi connectivity index (χ4n) is 2.55. The number of para-hydroxylation sites is 1. The average molecular weight is 374 g/mol. The number of thioether (sulfide) groups is 1. The first-order chi connectivity index (χ1) is 11.9. The molecule has 0 bridgehead atoms. The maximum Gasteiger partial charge on any atom is 0.332 e. The second-order valence-electron chi connectivity index (χ2n) is 6.52. The van der Waals surface area contributed by atoms with Crippen molar-refractivity contribution in [2.24, 2.45) is 4.99 Å². The molecule has 0 spiro atoms. The summed E-state index contributed by atoms with van der Waals surface area (Å²) in [6, 6.07) is 14.7. The number of nitrogens with one attached hydrogen (secondary N) is 1. The second kappa shape index (κ2) is 7.10. The highest BCUT2D eigenvalue weighted by molar-refractivity contribution is 8.15. The molecule has 0 aliphatic carbocycles. The van der Waals surface area contributed by atoms with E-state index in [0.29, 0.717) is 22.4 Å². The molecule has 0 unspecified atom stereocenters. The molecule has 0 saturated heterocycles. The number of aryl methyl sites for hydroxylation is 1. The summed E-state index contributed by atoms with van der Waals surface area (Å²) >= 11 is 7.63. The van der Waals surface area contributed by atoms with Gasteiger partial charge in [0.25, 0.3) is 0 Å². The highest BCUT2D eigenvalue weighted by Crippen LogP contribution is 2.36. The molecule has 1 aliphatic heterocycles. The first-order valence-corrected chi connectivity index (χ1v) is 9.21. The summed E-state index contributed by atoms with van der Waals surface area (Å²) in [7, 11) is 0. The van der Waals surface area contributed by atoms with Crippen LogP contribution in [0.5, 0.6) is 0 Å². The van der Waals surface area contributed by atoms with Gasteiger partial charge in [0.2, 0.25) is 0 Å². The molecule has 0 atom stereocenters. The Morgan fingerprint density at radius 3 is 2.64 bits per heavy atom. The molecule has 1 aliphatic rings. The van der Waals surface area contributed by atoms with E-state index in [1.54, 1.807) is 34.9 Å². The highest BCUT2D eigenvalue weighted by atomic mass is 35.5. The van der Waals surface area contributed by atoms with Crippen LogP contribution in [0.2, 0.25) is 5.02 Å². The summed E-state index contributed by atoms with van der Waals surface area (Å²) in [6.45, 7) is 6.91. The molecule has 1 N–H and O–H groups in total. The lowest BCUT2D eigenvalue weighted by Crippen LogP contribution is -2.39. The molecule has 6 heteroatoms. The molecule has 2 amide bonds. The third-order valence-corrected chi connectivity index (χ3v) is 5.20. The SMILES string of the molecule is Cc1ccccc1N(C(=O)Nc1cccc(Cl)c1)C1=NCC(C)(C)S1. The standard InChI is InChI=1S/C19H20ClN3OS/c1-13-7-4-5-10-16(13)23(18-21-12-19(2,3)25-18)17(24)22-15-9-6-8-14(20)11-15/h4-11H,12H2,1-3H3,(H,22,24). The number of hydrogen-bond donors (Lipinski definition) is 1. The Morgan fingerprint density at radius 1 is 1.24 bits per heavy atom. The van der Waals surface area contributed by atoms with Crippen LogP contribution in [0.1, 0.15) is 19.4 Å². The van der Waals surface area contributed by atoms with Gasteiger partial charge in [-0.2, -0.15) is 0 Å². The van der Waals surface area contributed by atoms with Gasteiger partial charge in [0.1, 0.15) is 0 Å². The minimum atomic E-state index is -0.250. The van der Waals surface area contributed by atoms with Crippen LogP contribution in [0.4, 0.5) is 16.2 Å². The maximum atomic E-state index is 13.1. The van der Waals surface area contributed by atoms with E-state index >= 15 is 0 Å². The van der Waals surface area contributed by atoms with Crippen LogP contribution in [-0.4, -0.2) is 22.5 Å². The lowest BCUT2D eigenvalue weighted by molar-refractivity contribution is 0.259. The van der Waals surface area contributed by atoms with E-state index in [2.05, 4.69) is 24.2 Å². The second-order valence-corrected chi connectivity index (χ2v) is 8.63. The Morgan fingerprint density at radius 2 is 2.00 bits per heavy atom. The number of urea groups is 1. The van der Waals surface area contributed by atoms with Crippen molar-refractivity contribution in [2.45, 2.75) is 25.5 Å². The average Bonchev–Trinajstić information content (AvgIpc) is 2.89. The molecule has 25 heavy (non-hydrogen) atoms. The molecule has 1 heterocycles. The third kappa shape index (κ3) is 4.17. The number of aliphatic imine (C=N–C) groups is 1. The Balaban J connectivity index is 1.94. The minimum absolute atomic E-state index is 0.0212. The number of anilines is 2. The maximum absolute atomic E-state index is 13.1. The summed E-state index contributed by atoms with van der Waals surface area (Å²) in [4.78, 5) is 19.3. The molecular weight excluding hydrogens is 354 g/mol. The Labute approximate surface area is 157 Å². The van der Waals surface area contributed by atoms with Crippen molar-refractivity contribution in [3.63, 3.8) is 0 Å². The predicted molar refractivity (Wildman–Crippen MR) is 108 cm³/mol. The minimum Gasteiger partial charge on any atom is -0.307 e. The van der Waals surface area contributed by atoms with Gasteiger partial charge in [0.05, 0.1) is 12.2 Å². The van der Waals surface area contributed by atoms with Crippen molar-refractivity contribution in [2.75, 3.05) is 16.8 Å². The number of carbonyl (C=O) groups excluding carboxylic acids is 1. The molecule has 130 valence electrons. The van der Waals surface area contributed by atoms with Crippen molar-refractivity contribution in [1.29, 1.82) is 0 Å². The largest absolute Gasteiger partial charge is 0.332 e. The van der Waals surface area contributed by atoms with Crippen molar-refractivity contribution in [3.05, 3.63) is 59.1 Å². The van der Waals surface area contributed by atoms with E-state index in [1.165, 1.54) is 0 Å². The zero-order chi connectivity index (χ0) is 18.0. The number of carbonyl (C=O) groups is 1. The van der Waals surface area contributed by atoms with Crippen LogP contribution in [0.15, 0.2) is 53.5 Å². The number of hydrogen-bond acceptors (Lipinski definition) is 3. The van der Waals surface area contributed by atoms with Crippen LogP contribution in [0.3, 0.4) is 0 Å². The van der Waals surface area contributed by atoms with Crippen LogP contribution in [0.25, 0.3) is 0 Å². The van der Waals surface area contributed by atoms with Gasteiger partial charge in [-0.25, -0.2) is 9.69 Å². The van der Waals surface area contributed by atoms with Gasteiger partial charge < -0.3 is 5.32 Å². The van der Waals surface area contributed by atoms with Crippen LogP contribution >= 0.6 is 23.4 Å². The van der Waals surface area contributed by atoms with Gasteiger partial charge in [0, 0.05) is 15.5 Å². The molecule has 0 aromatic heterocycles. The quantitative estimate of drug-likeness (QED) is 0.748. The zero-order valence-electron chi connectivity index (χ0n) is 14.4. The van der Waals surface area contributed by atoms with Gasteiger partial charge in [-0.15, -0.1) is 0 Å². The Hall–Kier alpha value is -1.98. The summed E-state index contributed by atoms with van der Waals surface area (Å²) in [5.41, 5.74) is 2.49. The summed E-state index contributed by atoms with van der Waals surface area (Å²) in [5.74, 6) is 0. The zero-order valence-corrected chi connectivity index (χ0v) is 16.0. The van der Waals surface area contributed by atoms with Crippen LogP contribution in [0, 0.1) is 6.92 Å². The van der Waals surface area contributed by atoms with E-state index in [4.69, 9.17) is 11.6 Å². The molecule has 0 saturated carbocycles. The third-order valence-electron chi connectivity index (χ3n) is 3.79.